The van der Waals surface area contributed by atoms with Crippen LogP contribution in [0.25, 0.3) is 0 Å². The van der Waals surface area contributed by atoms with Gasteiger partial charge in [0.15, 0.2) is 0 Å². The van der Waals surface area contributed by atoms with Crippen molar-refractivity contribution in [2.75, 3.05) is 18.1 Å². The molecule has 0 aliphatic carbocycles. The van der Waals surface area contributed by atoms with E-state index in [0.29, 0.717) is 25.6 Å². The Labute approximate surface area is 151 Å². The summed E-state index contributed by atoms with van der Waals surface area (Å²) in [5.41, 5.74) is 0.317. The van der Waals surface area contributed by atoms with E-state index < -0.39 is 11.5 Å². The van der Waals surface area contributed by atoms with Crippen molar-refractivity contribution >= 4 is 17.5 Å². The first-order valence-corrected chi connectivity index (χ1v) is 8.83. The Morgan fingerprint density at radius 1 is 1.23 bits per heavy atom. The van der Waals surface area contributed by atoms with Gasteiger partial charge in [0.1, 0.15) is 5.75 Å². The quantitative estimate of drug-likeness (QED) is 0.847. The highest BCUT2D eigenvalue weighted by Crippen LogP contribution is 2.28. The second-order valence-corrected chi connectivity index (χ2v) is 6.17. The van der Waals surface area contributed by atoms with E-state index in [1.165, 1.54) is 4.57 Å². The Hall–Kier alpha value is -2.90. The molecule has 1 aliphatic heterocycles. The van der Waals surface area contributed by atoms with Crippen LogP contribution >= 0.6 is 0 Å². The molecule has 1 aromatic heterocycles. The summed E-state index contributed by atoms with van der Waals surface area (Å²) in [6.07, 6.45) is 0.775. The molecular weight excluding hydrogens is 334 g/mol. The Morgan fingerprint density at radius 3 is 2.62 bits per heavy atom. The van der Waals surface area contributed by atoms with E-state index >= 15 is 0 Å². The van der Waals surface area contributed by atoms with Crippen molar-refractivity contribution in [3.63, 3.8) is 0 Å². The fourth-order valence-corrected chi connectivity index (χ4v) is 2.78. The van der Waals surface area contributed by atoms with Crippen LogP contribution in [0.4, 0.5) is 11.6 Å². The predicted molar refractivity (Wildman–Crippen MR) is 98.1 cm³/mol. The number of nitrogens with zero attached hydrogens (tertiary/aromatic N) is 4. The third-order valence-electron chi connectivity index (χ3n) is 4.38. The fraction of sp³-hybridized carbons (Fsp3) is 0.444. The molecule has 0 bridgehead atoms. The molecule has 1 N–H and O–H groups in total. The number of amides is 1. The average molecular weight is 357 g/mol. The molecule has 0 saturated carbocycles. The van der Waals surface area contributed by atoms with Gasteiger partial charge in [0.25, 0.3) is 11.5 Å². The van der Waals surface area contributed by atoms with Gasteiger partial charge in [0, 0.05) is 24.8 Å². The zero-order valence-electron chi connectivity index (χ0n) is 15.2. The molecule has 0 fully saturated rings. The molecule has 2 aromatic rings. The van der Waals surface area contributed by atoms with Crippen molar-refractivity contribution in [2.24, 2.45) is 0 Å². The van der Waals surface area contributed by atoms with Gasteiger partial charge in [0.05, 0.1) is 6.61 Å². The van der Waals surface area contributed by atoms with Crippen molar-refractivity contribution in [3.8, 4) is 5.75 Å². The van der Waals surface area contributed by atoms with E-state index in [0.717, 1.165) is 17.9 Å². The van der Waals surface area contributed by atoms with E-state index in [2.05, 4.69) is 15.5 Å². The summed E-state index contributed by atoms with van der Waals surface area (Å²) < 4.78 is 6.94. The van der Waals surface area contributed by atoms with E-state index in [4.69, 9.17) is 4.74 Å². The standard InChI is InChI=1S/C18H23N5O3/c1-4-12(3)19-16(24)15-17(25)23-11-10-22(18(23)21-20-15)13-6-8-14(9-7-13)26-5-2/h6-9,12H,4-5,10-11H2,1-3H3,(H,19,24)/t12-/m0/s1. The molecule has 138 valence electrons. The SMILES string of the molecule is CCOc1ccc(N2CCn3c2nnc(C(=O)N[C@@H](C)CC)c3=O)cc1. The summed E-state index contributed by atoms with van der Waals surface area (Å²) in [4.78, 5) is 26.8. The zero-order chi connectivity index (χ0) is 18.7. The number of hydrogen-bond acceptors (Lipinski definition) is 6. The first-order chi connectivity index (χ1) is 12.5. The number of ether oxygens (including phenoxy) is 1. The molecule has 26 heavy (non-hydrogen) atoms. The summed E-state index contributed by atoms with van der Waals surface area (Å²) in [5, 5.41) is 10.8. The Balaban J connectivity index is 1.86. The lowest BCUT2D eigenvalue weighted by molar-refractivity contribution is 0.0930. The molecule has 0 radical (unpaired) electrons. The molecule has 0 unspecified atom stereocenters. The summed E-state index contributed by atoms with van der Waals surface area (Å²) >= 11 is 0. The van der Waals surface area contributed by atoms with Crippen molar-refractivity contribution in [1.29, 1.82) is 0 Å². The van der Waals surface area contributed by atoms with Crippen molar-refractivity contribution in [2.45, 2.75) is 39.8 Å². The van der Waals surface area contributed by atoms with Crippen LogP contribution in [0.15, 0.2) is 29.1 Å². The van der Waals surface area contributed by atoms with Gasteiger partial charge in [0.2, 0.25) is 11.6 Å². The smallest absolute Gasteiger partial charge is 0.286 e. The summed E-state index contributed by atoms with van der Waals surface area (Å²) in [5.74, 6) is 0.752. The molecule has 2 heterocycles. The van der Waals surface area contributed by atoms with Gasteiger partial charge < -0.3 is 15.0 Å². The monoisotopic (exact) mass is 357 g/mol. The summed E-state index contributed by atoms with van der Waals surface area (Å²) in [6, 6.07) is 7.55. The Morgan fingerprint density at radius 2 is 1.96 bits per heavy atom. The number of rotatable bonds is 6. The van der Waals surface area contributed by atoms with Crippen LogP contribution in [0.3, 0.4) is 0 Å². The minimum Gasteiger partial charge on any atom is -0.494 e. The van der Waals surface area contributed by atoms with Crippen molar-refractivity contribution in [1.82, 2.24) is 20.1 Å². The Bertz CT molecular complexity index is 847. The highest BCUT2D eigenvalue weighted by molar-refractivity contribution is 5.92. The summed E-state index contributed by atoms with van der Waals surface area (Å²) in [7, 11) is 0. The van der Waals surface area contributed by atoms with Crippen molar-refractivity contribution in [3.05, 3.63) is 40.3 Å². The fourth-order valence-electron chi connectivity index (χ4n) is 2.78. The second-order valence-electron chi connectivity index (χ2n) is 6.17. The normalized spacial score (nSPS) is 14.0. The number of fused-ring (bicyclic) bond motifs is 1. The van der Waals surface area contributed by atoms with Crippen LogP contribution < -0.4 is 20.5 Å². The molecule has 0 saturated heterocycles. The number of benzene rings is 1. The lowest BCUT2D eigenvalue weighted by Gasteiger charge is -2.17. The van der Waals surface area contributed by atoms with Gasteiger partial charge in [-0.3, -0.25) is 14.2 Å². The Kier molecular flexibility index (Phi) is 5.20. The van der Waals surface area contributed by atoms with Gasteiger partial charge in [-0.05, 0) is 44.5 Å². The van der Waals surface area contributed by atoms with Gasteiger partial charge >= 0.3 is 0 Å². The molecule has 1 aliphatic rings. The number of hydrogen-bond donors (Lipinski definition) is 1. The molecule has 1 atom stereocenters. The van der Waals surface area contributed by atoms with Crippen LogP contribution in [0.1, 0.15) is 37.7 Å². The lowest BCUT2D eigenvalue weighted by atomic mass is 10.2. The number of nitrogens with one attached hydrogen (secondary N) is 1. The number of carbonyl (C=O) groups is 1. The van der Waals surface area contributed by atoms with E-state index in [9.17, 15) is 9.59 Å². The molecule has 8 heteroatoms. The first kappa shape index (κ1) is 17.9. The largest absolute Gasteiger partial charge is 0.494 e. The topological polar surface area (TPSA) is 89.3 Å². The van der Waals surface area contributed by atoms with E-state index in [1.54, 1.807) is 0 Å². The first-order valence-electron chi connectivity index (χ1n) is 8.83. The van der Waals surface area contributed by atoms with E-state index in [-0.39, 0.29) is 11.7 Å². The third-order valence-corrected chi connectivity index (χ3v) is 4.38. The van der Waals surface area contributed by atoms with Crippen molar-refractivity contribution < 1.29 is 9.53 Å². The average Bonchev–Trinajstić information content (AvgIpc) is 3.07. The molecular formula is C18H23N5O3. The predicted octanol–water partition coefficient (Wildman–Crippen LogP) is 1.72. The number of aromatic nitrogens is 3. The number of carbonyl (C=O) groups excluding carboxylic acids is 1. The maximum Gasteiger partial charge on any atom is 0.286 e. The van der Waals surface area contributed by atoms with Crippen LogP contribution in [-0.2, 0) is 6.54 Å². The molecule has 8 nitrogen and oxygen atoms in total. The van der Waals surface area contributed by atoms with Gasteiger partial charge in [-0.15, -0.1) is 10.2 Å². The van der Waals surface area contributed by atoms with Gasteiger partial charge in [-0.1, -0.05) is 6.92 Å². The summed E-state index contributed by atoms with van der Waals surface area (Å²) in [6.45, 7) is 7.43. The molecule has 1 amide bonds. The molecule has 3 rings (SSSR count). The van der Waals surface area contributed by atoms with E-state index in [1.807, 2.05) is 49.9 Å². The maximum atomic E-state index is 12.6. The van der Waals surface area contributed by atoms with Gasteiger partial charge in [-0.2, -0.15) is 0 Å². The third kappa shape index (κ3) is 3.40. The van der Waals surface area contributed by atoms with Gasteiger partial charge in [-0.25, -0.2) is 0 Å². The molecule has 1 aromatic carbocycles. The molecule has 0 spiro atoms. The van der Waals surface area contributed by atoms with Crippen LogP contribution in [0.2, 0.25) is 0 Å². The maximum absolute atomic E-state index is 12.6. The van der Waals surface area contributed by atoms with Crippen LogP contribution in [0.5, 0.6) is 5.75 Å². The highest BCUT2D eigenvalue weighted by Gasteiger charge is 2.27. The minimum atomic E-state index is -0.480. The number of anilines is 2. The second kappa shape index (κ2) is 7.55. The van der Waals surface area contributed by atoms with Crippen LogP contribution in [-0.4, -0.2) is 39.9 Å². The lowest BCUT2D eigenvalue weighted by Crippen LogP contribution is -2.38. The zero-order valence-corrected chi connectivity index (χ0v) is 15.2. The minimum absolute atomic E-state index is 0.0256. The van der Waals surface area contributed by atoms with Crippen LogP contribution in [0, 0.1) is 0 Å². The highest BCUT2D eigenvalue weighted by atomic mass is 16.5.